The predicted molar refractivity (Wildman–Crippen MR) is 36.3 cm³/mol. The van der Waals surface area contributed by atoms with Crippen LogP contribution in [-0.4, -0.2) is 29.5 Å². The van der Waals surface area contributed by atoms with Gasteiger partial charge in [-0.1, -0.05) is 0 Å². The Morgan fingerprint density at radius 1 is 1.00 bits per heavy atom. The van der Waals surface area contributed by atoms with Crippen LogP contribution in [0.15, 0.2) is 0 Å². The Morgan fingerprint density at radius 2 is 1.50 bits per heavy atom. The third-order valence-electron chi connectivity index (χ3n) is 1.08. The molecule has 0 spiro atoms. The summed E-state index contributed by atoms with van der Waals surface area (Å²) in [6.07, 6.45) is 3.93. The maximum Gasteiger partial charge on any atom is 0.112 e. The smallest absolute Gasteiger partial charge is 0.112 e. The quantitative estimate of drug-likeness (QED) is 0.448. The second-order valence-electron chi connectivity index (χ2n) is 1.67. The highest BCUT2D eigenvalue weighted by molar-refractivity contribution is 6.05. The minimum absolute atomic E-state index is 1.00. The van der Waals surface area contributed by atoms with Gasteiger partial charge < -0.3 is 4.74 Å². The first-order valence-electron chi connectivity index (χ1n) is 3.15. The van der Waals surface area contributed by atoms with Crippen LogP contribution in [0.5, 0.6) is 0 Å². The van der Waals surface area contributed by atoms with Crippen molar-refractivity contribution in [1.29, 1.82) is 0 Å². The van der Waals surface area contributed by atoms with Gasteiger partial charge in [-0.15, -0.1) is 5.79 Å². The second kappa shape index (κ2) is 7.49. The van der Waals surface area contributed by atoms with Crippen LogP contribution in [0.2, 0.25) is 5.79 Å². The van der Waals surface area contributed by atoms with Crippen molar-refractivity contribution in [2.45, 2.75) is 25.0 Å². The molecule has 2 heteroatoms. The third kappa shape index (κ3) is 4.65. The lowest BCUT2D eigenvalue weighted by Gasteiger charge is -2.08. The Balaban J connectivity index is 0.000000222. The Labute approximate surface area is 59.8 Å². The van der Waals surface area contributed by atoms with E-state index in [1.54, 1.807) is 0 Å². The van der Waals surface area contributed by atoms with Gasteiger partial charge in [0.05, 0.1) is 0 Å². The molecule has 1 heterocycles. The Kier molecular flexibility index (Phi) is 7.95. The SMILES string of the molecule is C1CCOCC1.[CH3][Al]. The predicted octanol–water partition coefficient (Wildman–Crippen LogP) is 1.39. The molecule has 1 aliphatic rings. The molecule has 0 bridgehead atoms. The molecule has 0 aromatic heterocycles. The van der Waals surface area contributed by atoms with Gasteiger partial charge in [0.1, 0.15) is 16.3 Å². The van der Waals surface area contributed by atoms with Crippen molar-refractivity contribution in [1.82, 2.24) is 0 Å². The van der Waals surface area contributed by atoms with E-state index in [-0.39, 0.29) is 0 Å². The van der Waals surface area contributed by atoms with Crippen LogP contribution >= 0.6 is 0 Å². The van der Waals surface area contributed by atoms with Crippen LogP contribution in [0.1, 0.15) is 19.3 Å². The van der Waals surface area contributed by atoms with Gasteiger partial charge >= 0.3 is 0 Å². The van der Waals surface area contributed by atoms with Gasteiger partial charge in [0, 0.05) is 13.2 Å². The maximum absolute atomic E-state index is 5.07. The molecule has 0 aromatic rings. The average molecular weight is 128 g/mol. The van der Waals surface area contributed by atoms with Crippen LogP contribution in [0, 0.1) is 0 Å². The van der Waals surface area contributed by atoms with Crippen LogP contribution in [0.25, 0.3) is 0 Å². The van der Waals surface area contributed by atoms with Gasteiger partial charge in [0.15, 0.2) is 0 Å². The molecule has 0 N–H and O–H groups in total. The molecule has 0 aromatic carbocycles. The monoisotopic (exact) mass is 128 g/mol. The van der Waals surface area contributed by atoms with Crippen molar-refractivity contribution in [2.24, 2.45) is 0 Å². The molecule has 1 rings (SSSR count). The first-order valence-corrected chi connectivity index (χ1v) is 4.31. The molecule has 1 aliphatic heterocycles. The molecule has 1 saturated heterocycles. The second-order valence-corrected chi connectivity index (χ2v) is 1.67. The minimum atomic E-state index is 1.00. The van der Waals surface area contributed by atoms with E-state index < -0.39 is 0 Å². The zero-order valence-corrected chi connectivity index (χ0v) is 6.68. The van der Waals surface area contributed by atoms with Crippen molar-refractivity contribution in [2.75, 3.05) is 13.2 Å². The standard InChI is InChI=1S/C5H10O.CH3.Al/c1-2-4-6-5-3-1;;/h1-5H2;1H3;. The zero-order valence-electron chi connectivity index (χ0n) is 5.52. The molecule has 0 unspecified atom stereocenters. The summed E-state index contributed by atoms with van der Waals surface area (Å²) < 4.78 is 5.07. The highest BCUT2D eigenvalue weighted by atomic mass is 27.0. The molecule has 0 amide bonds. The Morgan fingerprint density at radius 3 is 1.62 bits per heavy atom. The third-order valence-corrected chi connectivity index (χ3v) is 1.08. The lowest BCUT2D eigenvalue weighted by atomic mass is 10.2. The van der Waals surface area contributed by atoms with E-state index in [4.69, 9.17) is 4.74 Å². The summed E-state index contributed by atoms with van der Waals surface area (Å²) in [6.45, 7) is 2.00. The van der Waals surface area contributed by atoms with Crippen molar-refractivity contribution in [3.05, 3.63) is 0 Å². The van der Waals surface area contributed by atoms with Gasteiger partial charge in [0.2, 0.25) is 0 Å². The van der Waals surface area contributed by atoms with Gasteiger partial charge in [-0.3, -0.25) is 0 Å². The molecular formula is C6H13AlO. The summed E-state index contributed by atoms with van der Waals surface area (Å²) in [6, 6.07) is 0. The molecule has 0 saturated carbocycles. The summed E-state index contributed by atoms with van der Waals surface area (Å²) in [4.78, 5) is 0. The van der Waals surface area contributed by atoms with Crippen molar-refractivity contribution in [3.63, 3.8) is 0 Å². The van der Waals surface area contributed by atoms with E-state index >= 15 is 0 Å². The van der Waals surface area contributed by atoms with E-state index in [2.05, 4.69) is 16.3 Å². The van der Waals surface area contributed by atoms with Gasteiger partial charge in [-0.2, -0.15) is 0 Å². The lowest BCUT2D eigenvalue weighted by molar-refractivity contribution is 0.0968. The molecule has 1 nitrogen and oxygen atoms in total. The summed E-state index contributed by atoms with van der Waals surface area (Å²) in [5, 5.41) is 0. The number of rotatable bonds is 0. The molecule has 8 heavy (non-hydrogen) atoms. The minimum Gasteiger partial charge on any atom is -0.381 e. The molecule has 1 fully saturated rings. The molecule has 2 radical (unpaired) electrons. The van der Waals surface area contributed by atoms with E-state index in [1.165, 1.54) is 19.3 Å². The van der Waals surface area contributed by atoms with E-state index in [0.717, 1.165) is 13.2 Å². The molecule has 46 valence electrons. The van der Waals surface area contributed by atoms with Gasteiger partial charge in [-0.05, 0) is 19.3 Å². The van der Waals surface area contributed by atoms with E-state index in [9.17, 15) is 0 Å². The number of hydrogen-bond acceptors (Lipinski definition) is 1. The Bertz CT molecular complexity index is 24.0. The fourth-order valence-electron chi connectivity index (χ4n) is 0.687. The summed E-state index contributed by atoms with van der Waals surface area (Å²) in [7, 11) is 0. The highest BCUT2D eigenvalue weighted by Gasteiger charge is 1.94. The lowest BCUT2D eigenvalue weighted by Crippen LogP contribution is -2.03. The fourth-order valence-corrected chi connectivity index (χ4v) is 0.687. The van der Waals surface area contributed by atoms with Crippen molar-refractivity contribution < 1.29 is 4.74 Å². The van der Waals surface area contributed by atoms with Gasteiger partial charge in [-0.25, -0.2) is 0 Å². The Hall–Kier alpha value is 0.492. The normalized spacial score (nSPS) is 18.6. The summed E-state index contributed by atoms with van der Waals surface area (Å²) in [5.41, 5.74) is 0. The van der Waals surface area contributed by atoms with E-state index in [0.29, 0.717) is 0 Å². The average Bonchev–Trinajstić information content (AvgIpc) is 1.96. The highest BCUT2D eigenvalue weighted by Crippen LogP contribution is 2.01. The zero-order chi connectivity index (χ0) is 6.24. The van der Waals surface area contributed by atoms with Crippen molar-refractivity contribution in [3.8, 4) is 0 Å². The fraction of sp³-hybridized carbons (Fsp3) is 1.00. The summed E-state index contributed by atoms with van der Waals surface area (Å²) >= 11 is 2.42. The number of ether oxygens (including phenoxy) is 1. The largest absolute Gasteiger partial charge is 0.381 e. The molecule has 0 atom stereocenters. The van der Waals surface area contributed by atoms with Crippen LogP contribution in [0.3, 0.4) is 0 Å². The first kappa shape index (κ1) is 8.49. The summed E-state index contributed by atoms with van der Waals surface area (Å²) in [5.74, 6) is 1.92. The van der Waals surface area contributed by atoms with Crippen LogP contribution in [-0.2, 0) is 4.74 Å². The van der Waals surface area contributed by atoms with Crippen LogP contribution in [0.4, 0.5) is 0 Å². The van der Waals surface area contributed by atoms with E-state index in [1.807, 2.05) is 5.79 Å². The number of hydrogen-bond donors (Lipinski definition) is 0. The maximum atomic E-state index is 5.07. The first-order chi connectivity index (χ1) is 4.00. The molecule has 0 aliphatic carbocycles. The van der Waals surface area contributed by atoms with Crippen molar-refractivity contribution >= 4 is 16.3 Å². The van der Waals surface area contributed by atoms with Crippen LogP contribution < -0.4 is 0 Å². The topological polar surface area (TPSA) is 9.23 Å². The molecular weight excluding hydrogens is 115 g/mol. The van der Waals surface area contributed by atoms with Gasteiger partial charge in [0.25, 0.3) is 0 Å².